The molecule has 68 heavy (non-hydrogen) atoms. The van der Waals surface area contributed by atoms with Gasteiger partial charge in [-0.15, -0.1) is 0 Å². The quantitative estimate of drug-likeness (QED) is 0.0961. The van der Waals surface area contributed by atoms with E-state index in [9.17, 15) is 52.8 Å². The minimum atomic E-state index is -4.88. The Hall–Kier alpha value is -5.26. The molecule has 6 aromatic rings. The summed E-state index contributed by atoms with van der Waals surface area (Å²) in [6.07, 6.45) is -7.64. The molecule has 0 atom stereocenters. The third kappa shape index (κ3) is 14.9. The van der Waals surface area contributed by atoms with E-state index in [4.69, 9.17) is 74.7 Å². The van der Waals surface area contributed by atoms with Crippen LogP contribution in [0.2, 0.25) is 30.1 Å². The van der Waals surface area contributed by atoms with Crippen LogP contribution in [0, 0.1) is 0 Å². The molecule has 0 fully saturated rings. The van der Waals surface area contributed by atoms with Gasteiger partial charge < -0.3 is 15.3 Å². The van der Waals surface area contributed by atoms with E-state index in [0.717, 1.165) is 64.4 Å². The summed E-state index contributed by atoms with van der Waals surface area (Å²) in [7, 11) is -5.90. The van der Waals surface area contributed by atoms with Crippen LogP contribution in [0.4, 0.5) is 49.1 Å². The molecule has 13 nitrogen and oxygen atoms in total. The lowest BCUT2D eigenvalue weighted by atomic mass is 10.2. The summed E-state index contributed by atoms with van der Waals surface area (Å²) in [5, 5.41) is 11.6. The van der Waals surface area contributed by atoms with Gasteiger partial charge in [0.15, 0.2) is 11.4 Å². The minimum Gasteiger partial charge on any atom is -0.476 e. The Kier molecular flexibility index (Phi) is 19.6. The number of hydrogen-bond acceptors (Lipinski definition) is 9. The topological polar surface area (TPSA) is 188 Å². The Morgan fingerprint density at radius 1 is 0.588 bits per heavy atom. The summed E-state index contributed by atoms with van der Waals surface area (Å²) < 4.78 is 132. The molecule has 364 valence electrons. The highest BCUT2D eigenvalue weighted by Gasteiger charge is 2.36. The fourth-order valence-corrected chi connectivity index (χ4v) is 8.64. The van der Waals surface area contributed by atoms with Crippen molar-refractivity contribution in [2.45, 2.75) is 29.6 Å². The maximum absolute atomic E-state index is 13.2. The van der Waals surface area contributed by atoms with Gasteiger partial charge in [0.05, 0.1) is 73.8 Å². The number of carboxylic acid groups (broad SMARTS) is 1. The Balaban J connectivity index is 0.000000308. The number of carbonyl (C=O) groups excluding carboxylic acids is 1. The summed E-state index contributed by atoms with van der Waals surface area (Å²) in [5.41, 5.74) is -3.24. The van der Waals surface area contributed by atoms with Gasteiger partial charge in [-0.1, -0.05) is 101 Å². The smallest absolute Gasteiger partial charge is 0.417 e. The second-order valence-corrected chi connectivity index (χ2v) is 18.8. The molecule has 0 aliphatic carbocycles. The zero-order chi connectivity index (χ0) is 50.2. The third-order valence-corrected chi connectivity index (χ3v) is 12.8. The van der Waals surface area contributed by atoms with E-state index in [1.54, 1.807) is 24.3 Å². The molecule has 0 saturated carbocycles. The molecule has 2 aromatic heterocycles. The van der Waals surface area contributed by atoms with Crippen LogP contribution in [0.1, 0.15) is 39.5 Å². The van der Waals surface area contributed by atoms with Gasteiger partial charge in [0.2, 0.25) is 0 Å². The van der Waals surface area contributed by atoms with Crippen LogP contribution in [-0.2, 0) is 32.4 Å². The number of carbonyl (C=O) groups is 2. The van der Waals surface area contributed by atoms with Crippen LogP contribution in [-0.4, -0.2) is 57.9 Å². The number of aromatic nitrogens is 2. The largest absolute Gasteiger partial charge is 0.476 e. The van der Waals surface area contributed by atoms with Crippen molar-refractivity contribution in [3.05, 3.63) is 162 Å². The first-order chi connectivity index (χ1) is 31.1. The molecule has 4 aromatic carbocycles. The molecule has 0 bridgehead atoms. The van der Waals surface area contributed by atoms with E-state index in [1.807, 2.05) is 36.0 Å². The molecule has 0 saturated heterocycles. The summed E-state index contributed by atoms with van der Waals surface area (Å²) in [6.45, 7) is 0. The molecule has 0 spiro atoms. The number of carboxylic acids is 1. The first-order valence-electron chi connectivity index (χ1n) is 17.9. The van der Waals surface area contributed by atoms with Gasteiger partial charge in [0, 0.05) is 26.5 Å². The summed E-state index contributed by atoms with van der Waals surface area (Å²) in [5.74, 6) is -2.30. The minimum absolute atomic E-state index is 0. The van der Waals surface area contributed by atoms with Crippen LogP contribution >= 0.6 is 69.6 Å². The highest BCUT2D eigenvalue weighted by Crippen LogP contribution is 2.38. The van der Waals surface area contributed by atoms with E-state index in [2.05, 4.69) is 20.0 Å². The molecule has 0 radical (unpaired) electrons. The van der Waals surface area contributed by atoms with E-state index in [-0.39, 0.29) is 33.9 Å². The number of alkyl halides is 6. The van der Waals surface area contributed by atoms with Gasteiger partial charge in [-0.2, -0.15) is 26.3 Å². The van der Waals surface area contributed by atoms with Crippen molar-refractivity contribution in [2.24, 2.45) is 0 Å². The molecule has 0 unspecified atom stereocenters. The zero-order valence-corrected chi connectivity index (χ0v) is 39.7. The Morgan fingerprint density at radius 2 is 1.00 bits per heavy atom. The molecule has 2 heterocycles. The number of para-hydroxylation sites is 2. The second-order valence-electron chi connectivity index (χ2n) is 12.9. The van der Waals surface area contributed by atoms with Crippen LogP contribution in [0.15, 0.2) is 119 Å². The maximum Gasteiger partial charge on any atom is 0.417 e. The summed E-state index contributed by atoms with van der Waals surface area (Å²) in [6, 6.07) is 20.2. The molecule has 6 rings (SSSR count). The van der Waals surface area contributed by atoms with Gasteiger partial charge in [-0.05, 0) is 72.8 Å². The summed E-state index contributed by atoms with van der Waals surface area (Å²) >= 11 is 34.4. The van der Waals surface area contributed by atoms with E-state index < -0.39 is 86.6 Å². The van der Waals surface area contributed by atoms with Crippen LogP contribution in [0.3, 0.4) is 0 Å². The number of nitrogens with zero attached hydrogens (tertiary/aromatic N) is 3. The van der Waals surface area contributed by atoms with Gasteiger partial charge in [-0.25, -0.2) is 31.6 Å². The number of anilines is 4. The molecular weight excluding hydrogens is 1080 g/mol. The van der Waals surface area contributed by atoms with E-state index in [1.165, 1.54) is 7.05 Å². The fourth-order valence-electron chi connectivity index (χ4n) is 5.22. The number of halogens is 12. The molecular formula is C41H32Cl6F6N6O7S2. The van der Waals surface area contributed by atoms with Crippen molar-refractivity contribution in [1.82, 2.24) is 9.97 Å². The van der Waals surface area contributed by atoms with Crippen molar-refractivity contribution in [3.8, 4) is 0 Å². The summed E-state index contributed by atoms with van der Waals surface area (Å²) in [4.78, 5) is 31.1. The number of amides is 1. The van der Waals surface area contributed by atoms with Crippen LogP contribution < -0.4 is 19.7 Å². The number of pyridine rings is 2. The number of hydrogen-bond donors (Lipinski definition) is 4. The number of sulfonamides is 2. The van der Waals surface area contributed by atoms with E-state index in [0.29, 0.717) is 17.8 Å². The van der Waals surface area contributed by atoms with Gasteiger partial charge in [0.25, 0.3) is 26.0 Å². The molecule has 27 heteroatoms. The highest BCUT2D eigenvalue weighted by molar-refractivity contribution is 7.93. The average molecular weight is 1110 g/mol. The third-order valence-electron chi connectivity index (χ3n) is 8.37. The predicted octanol–water partition coefficient (Wildman–Crippen LogP) is 13.1. The van der Waals surface area contributed by atoms with Crippen molar-refractivity contribution in [3.63, 3.8) is 0 Å². The van der Waals surface area contributed by atoms with Crippen molar-refractivity contribution >= 4 is 124 Å². The molecule has 4 N–H and O–H groups in total. The van der Waals surface area contributed by atoms with E-state index >= 15 is 0 Å². The lowest BCUT2D eigenvalue weighted by Gasteiger charge is -2.20. The second kappa shape index (κ2) is 23.4. The Bertz CT molecular complexity index is 3050. The van der Waals surface area contributed by atoms with Gasteiger partial charge in [-0.3, -0.25) is 14.2 Å². The van der Waals surface area contributed by atoms with Crippen LogP contribution in [0.5, 0.6) is 0 Å². The SMILES string of the molecule is C.CN(C(=O)c1ncc(Cl)cc1NS(=O)(=O)c1ccc(Cl)c(C(F)(F)F)c1)c1ccccc1Cl.CNc1ccccc1Cl.O=C(O)c1ncc(Cl)cc1NS(=O)(=O)c1ccc(Cl)c(C(F)(F)F)c1. The van der Waals surface area contributed by atoms with Crippen molar-refractivity contribution in [2.75, 3.05) is 33.8 Å². The predicted molar refractivity (Wildman–Crippen MR) is 252 cm³/mol. The van der Waals surface area contributed by atoms with Crippen molar-refractivity contribution < 1.29 is 57.9 Å². The monoisotopic (exact) mass is 1110 g/mol. The standard InChI is InChI=1S/C20H13Cl3F3N3O3S.C13H7Cl2F3N2O4S.C7H8ClN.CH4/c1-29(17-5-3-2-4-15(17)23)19(30)18-16(8-11(21)10-27-18)28-33(31,32)12-6-7-14(22)13(9-12)20(24,25)26;14-6-3-10(11(12(21)22)19-5-6)20-25(23,24)7-1-2-9(15)8(4-7)13(16,17)18;1-9-7-5-3-2-4-6(7)8;/h2-10,28H,1H3;1-5,20H,(H,21,22);2-5,9H,1H3;1H4. The zero-order valence-electron chi connectivity index (χ0n) is 33.5. The molecule has 1 amide bonds. The number of aromatic carboxylic acids is 1. The molecule has 0 aliphatic heterocycles. The maximum atomic E-state index is 13.2. The average Bonchev–Trinajstić information content (AvgIpc) is 3.23. The normalized spacial score (nSPS) is 11.4. The van der Waals surface area contributed by atoms with Gasteiger partial charge in [0.1, 0.15) is 0 Å². The Morgan fingerprint density at radius 3 is 1.40 bits per heavy atom. The first-order valence-corrected chi connectivity index (χ1v) is 23.1. The van der Waals surface area contributed by atoms with Crippen LogP contribution in [0.25, 0.3) is 0 Å². The number of rotatable bonds is 10. The lowest BCUT2D eigenvalue weighted by molar-refractivity contribution is -0.138. The number of nitrogens with one attached hydrogen (secondary N) is 3. The van der Waals surface area contributed by atoms with Crippen molar-refractivity contribution in [1.29, 1.82) is 0 Å². The fraction of sp³-hybridized carbons (Fsp3) is 0.122. The first kappa shape index (κ1) is 57.1. The highest BCUT2D eigenvalue weighted by atomic mass is 35.5. The number of benzene rings is 4. The molecule has 0 aliphatic rings. The van der Waals surface area contributed by atoms with Gasteiger partial charge >= 0.3 is 18.3 Å². The lowest BCUT2D eigenvalue weighted by Crippen LogP contribution is -2.29. The Labute approximate surface area is 415 Å².